The summed E-state index contributed by atoms with van der Waals surface area (Å²) in [6.45, 7) is 2.85. The minimum absolute atomic E-state index is 0.0545. The van der Waals surface area contributed by atoms with Gasteiger partial charge < -0.3 is 9.47 Å². The maximum atomic E-state index is 14.1. The number of halogens is 1. The molecule has 0 radical (unpaired) electrons. The first-order chi connectivity index (χ1) is 16.0. The summed E-state index contributed by atoms with van der Waals surface area (Å²) >= 11 is 3.52. The Morgan fingerprint density at radius 3 is 2.06 bits per heavy atom. The van der Waals surface area contributed by atoms with Crippen LogP contribution in [0.1, 0.15) is 19.8 Å². The molecular weight excluding hydrogens is 472 g/mol. The molecule has 0 aliphatic rings. The summed E-state index contributed by atoms with van der Waals surface area (Å²) in [5.74, 6) is 0. The van der Waals surface area contributed by atoms with Crippen molar-refractivity contribution in [3.8, 4) is 33.5 Å². The van der Waals surface area contributed by atoms with E-state index in [-0.39, 0.29) is 5.56 Å². The number of unbranched alkanes of at least 4 members (excludes halogenated alkanes) is 1. The third-order valence-corrected chi connectivity index (χ3v) is 6.46. The van der Waals surface area contributed by atoms with Gasteiger partial charge in [0.1, 0.15) is 0 Å². The first-order valence-electron chi connectivity index (χ1n) is 11.4. The number of hydrogen-bond donors (Lipinski definition) is 0. The second-order valence-corrected chi connectivity index (χ2v) is 9.36. The Morgan fingerprint density at radius 1 is 0.818 bits per heavy atom. The molecule has 1 heterocycles. The molecule has 0 fully saturated rings. The highest BCUT2D eigenvalue weighted by Gasteiger charge is 2.18. The van der Waals surface area contributed by atoms with Crippen molar-refractivity contribution >= 4 is 21.6 Å². The zero-order valence-corrected chi connectivity index (χ0v) is 21.0. The van der Waals surface area contributed by atoms with Crippen molar-refractivity contribution in [2.24, 2.45) is 0 Å². The number of rotatable bonds is 7. The molecule has 0 aliphatic heterocycles. The van der Waals surface area contributed by atoms with Crippen LogP contribution in [0.4, 0.5) is 5.69 Å². The predicted octanol–water partition coefficient (Wildman–Crippen LogP) is 7.48. The van der Waals surface area contributed by atoms with Gasteiger partial charge >= 0.3 is 0 Å². The standard InChI is InChI=1S/C29H29BrN2O/c1-4-5-19-32-27(22-13-17-25(18-14-22)31(2)3)20-26(21-9-7-6-8-10-21)28(29(32)33)23-11-15-24(30)16-12-23/h6-18,20H,4-5,19H2,1-3H3. The molecule has 4 aromatic rings. The highest BCUT2D eigenvalue weighted by molar-refractivity contribution is 9.10. The summed E-state index contributed by atoms with van der Waals surface area (Å²) in [6.07, 6.45) is 1.98. The molecule has 0 aliphatic carbocycles. The van der Waals surface area contributed by atoms with E-state index >= 15 is 0 Å². The van der Waals surface area contributed by atoms with E-state index in [2.05, 4.69) is 70.2 Å². The number of hydrogen-bond acceptors (Lipinski definition) is 2. The van der Waals surface area contributed by atoms with Gasteiger partial charge in [-0.05, 0) is 59.0 Å². The van der Waals surface area contributed by atoms with Crippen LogP contribution < -0.4 is 10.5 Å². The molecule has 0 spiro atoms. The van der Waals surface area contributed by atoms with E-state index in [1.165, 1.54) is 0 Å². The van der Waals surface area contributed by atoms with Crippen LogP contribution in [0.5, 0.6) is 0 Å². The van der Waals surface area contributed by atoms with Gasteiger partial charge in [0.2, 0.25) is 0 Å². The van der Waals surface area contributed by atoms with Crippen molar-refractivity contribution in [2.45, 2.75) is 26.3 Å². The highest BCUT2D eigenvalue weighted by atomic mass is 79.9. The molecular formula is C29H29BrN2O. The number of anilines is 1. The van der Waals surface area contributed by atoms with Gasteiger partial charge in [0, 0.05) is 30.8 Å². The molecule has 168 valence electrons. The number of aromatic nitrogens is 1. The van der Waals surface area contributed by atoms with E-state index < -0.39 is 0 Å². The molecule has 33 heavy (non-hydrogen) atoms. The molecule has 0 bridgehead atoms. The van der Waals surface area contributed by atoms with Gasteiger partial charge in [0.05, 0.1) is 11.3 Å². The molecule has 0 amide bonds. The zero-order chi connectivity index (χ0) is 23.4. The molecule has 3 nitrogen and oxygen atoms in total. The second kappa shape index (κ2) is 10.2. The normalized spacial score (nSPS) is 10.9. The fourth-order valence-electron chi connectivity index (χ4n) is 4.10. The molecule has 0 saturated carbocycles. The summed E-state index contributed by atoms with van der Waals surface area (Å²) in [5.41, 5.74) is 6.88. The van der Waals surface area contributed by atoms with E-state index in [0.717, 1.165) is 56.5 Å². The average molecular weight is 501 g/mol. The topological polar surface area (TPSA) is 25.2 Å². The van der Waals surface area contributed by atoms with Gasteiger partial charge in [-0.1, -0.05) is 83.9 Å². The molecule has 3 aromatic carbocycles. The fraction of sp³-hybridized carbons (Fsp3) is 0.207. The quantitative estimate of drug-likeness (QED) is 0.262. The van der Waals surface area contributed by atoms with Crippen LogP contribution in [0.25, 0.3) is 33.5 Å². The molecule has 0 atom stereocenters. The van der Waals surface area contributed by atoms with Crippen molar-refractivity contribution in [2.75, 3.05) is 19.0 Å². The van der Waals surface area contributed by atoms with E-state index in [9.17, 15) is 4.79 Å². The summed E-state index contributed by atoms with van der Waals surface area (Å²) in [7, 11) is 4.07. The molecule has 1 aromatic heterocycles. The fourth-order valence-corrected chi connectivity index (χ4v) is 4.36. The minimum Gasteiger partial charge on any atom is -0.378 e. The van der Waals surface area contributed by atoms with Crippen molar-refractivity contribution < 1.29 is 0 Å². The van der Waals surface area contributed by atoms with Crippen molar-refractivity contribution in [1.82, 2.24) is 4.57 Å². The molecule has 0 unspecified atom stereocenters. The third kappa shape index (κ3) is 4.96. The number of nitrogens with zero attached hydrogens (tertiary/aromatic N) is 2. The first-order valence-corrected chi connectivity index (χ1v) is 12.2. The van der Waals surface area contributed by atoms with E-state index in [0.29, 0.717) is 6.54 Å². The number of pyridine rings is 1. The van der Waals surface area contributed by atoms with Crippen molar-refractivity contribution in [3.05, 3.63) is 99.8 Å². The van der Waals surface area contributed by atoms with Crippen LogP contribution in [0.2, 0.25) is 0 Å². The minimum atomic E-state index is 0.0545. The van der Waals surface area contributed by atoms with Gasteiger partial charge in [-0.15, -0.1) is 0 Å². The van der Waals surface area contributed by atoms with Gasteiger partial charge in [0.15, 0.2) is 0 Å². The Kier molecular flexibility index (Phi) is 7.14. The van der Waals surface area contributed by atoms with Gasteiger partial charge in [-0.2, -0.15) is 0 Å². The second-order valence-electron chi connectivity index (χ2n) is 8.44. The molecule has 0 saturated heterocycles. The Bertz CT molecular complexity index is 1270. The maximum Gasteiger partial charge on any atom is 0.259 e. The van der Waals surface area contributed by atoms with Gasteiger partial charge in [0.25, 0.3) is 5.56 Å². The summed E-state index contributed by atoms with van der Waals surface area (Å²) < 4.78 is 2.95. The number of benzene rings is 3. The van der Waals surface area contributed by atoms with Gasteiger partial charge in [-0.3, -0.25) is 4.79 Å². The Balaban J connectivity index is 2.01. The van der Waals surface area contributed by atoms with Crippen LogP contribution in [0, 0.1) is 0 Å². The Hall–Kier alpha value is -3.11. The average Bonchev–Trinajstić information content (AvgIpc) is 2.84. The lowest BCUT2D eigenvalue weighted by atomic mass is 9.93. The smallest absolute Gasteiger partial charge is 0.259 e. The van der Waals surface area contributed by atoms with Crippen LogP contribution in [-0.2, 0) is 6.54 Å². The third-order valence-electron chi connectivity index (χ3n) is 5.93. The molecule has 4 rings (SSSR count). The van der Waals surface area contributed by atoms with Gasteiger partial charge in [-0.25, -0.2) is 0 Å². The first kappa shape index (κ1) is 23.1. The van der Waals surface area contributed by atoms with Crippen molar-refractivity contribution in [3.63, 3.8) is 0 Å². The monoisotopic (exact) mass is 500 g/mol. The Morgan fingerprint density at radius 2 is 1.45 bits per heavy atom. The maximum absolute atomic E-state index is 14.1. The molecule has 4 heteroatoms. The summed E-state index contributed by atoms with van der Waals surface area (Å²) in [6, 6.07) is 28.8. The van der Waals surface area contributed by atoms with Crippen LogP contribution in [0.3, 0.4) is 0 Å². The van der Waals surface area contributed by atoms with E-state index in [1.807, 2.05) is 61.1 Å². The van der Waals surface area contributed by atoms with Crippen LogP contribution >= 0.6 is 15.9 Å². The predicted molar refractivity (Wildman–Crippen MR) is 144 cm³/mol. The summed E-state index contributed by atoms with van der Waals surface area (Å²) in [4.78, 5) is 16.1. The van der Waals surface area contributed by atoms with E-state index in [4.69, 9.17) is 0 Å². The largest absolute Gasteiger partial charge is 0.378 e. The zero-order valence-electron chi connectivity index (χ0n) is 19.4. The summed E-state index contributed by atoms with van der Waals surface area (Å²) in [5, 5.41) is 0. The highest BCUT2D eigenvalue weighted by Crippen LogP contribution is 2.34. The van der Waals surface area contributed by atoms with Crippen LogP contribution in [0.15, 0.2) is 94.2 Å². The Labute approximate surface area is 204 Å². The lowest BCUT2D eigenvalue weighted by Crippen LogP contribution is -2.24. The SMILES string of the molecule is CCCCn1c(-c2ccc(N(C)C)cc2)cc(-c2ccccc2)c(-c2ccc(Br)cc2)c1=O. The van der Waals surface area contributed by atoms with Crippen molar-refractivity contribution in [1.29, 1.82) is 0 Å². The molecule has 0 N–H and O–H groups in total. The van der Waals surface area contributed by atoms with Crippen LogP contribution in [-0.4, -0.2) is 18.7 Å². The lowest BCUT2D eigenvalue weighted by Gasteiger charge is -2.20. The lowest BCUT2D eigenvalue weighted by molar-refractivity contribution is 0.620. The van der Waals surface area contributed by atoms with E-state index in [1.54, 1.807) is 0 Å².